The fourth-order valence-corrected chi connectivity index (χ4v) is 3.27. The number of aliphatic hydroxyl groups excluding tert-OH is 1. The number of phenolic OH excluding ortho intramolecular Hbond substituents is 1. The molecular weight excluding hydrogens is 522 g/mol. The van der Waals surface area contributed by atoms with Gasteiger partial charge in [0.05, 0.1) is 12.4 Å². The number of hydrogen-bond donors (Lipinski definition) is 2. The molecule has 1 unspecified atom stereocenters. The van der Waals surface area contributed by atoms with Crippen LogP contribution in [0.2, 0.25) is 0 Å². The molecule has 130 valence electrons. The minimum atomic E-state index is 0. The van der Waals surface area contributed by atoms with Crippen LogP contribution in [0.15, 0.2) is 30.4 Å². The van der Waals surface area contributed by atoms with Gasteiger partial charge in [-0.3, -0.25) is 6.58 Å². The molecule has 24 heavy (non-hydrogen) atoms. The van der Waals surface area contributed by atoms with E-state index in [0.29, 0.717) is 5.75 Å². The van der Waals surface area contributed by atoms with Gasteiger partial charge < -0.3 is 16.8 Å². The molecule has 0 saturated heterocycles. The van der Waals surface area contributed by atoms with Crippen molar-refractivity contribution in [2.24, 2.45) is 0 Å². The second-order valence-electron chi connectivity index (χ2n) is 6.13. The number of aromatic hydroxyl groups is 1. The molecule has 0 aliphatic heterocycles. The molecule has 3 heteroatoms. The predicted octanol–water partition coefficient (Wildman–Crippen LogP) is 5.10. The summed E-state index contributed by atoms with van der Waals surface area (Å²) < 4.78 is 0. The van der Waals surface area contributed by atoms with E-state index in [0.717, 1.165) is 48.8 Å². The van der Waals surface area contributed by atoms with E-state index in [1.54, 1.807) is 0 Å². The Labute approximate surface area is 171 Å². The van der Waals surface area contributed by atoms with Crippen LogP contribution in [0.1, 0.15) is 68.1 Å². The van der Waals surface area contributed by atoms with E-state index in [1.807, 2.05) is 6.07 Å². The third kappa shape index (κ3) is 6.71. The second kappa shape index (κ2) is 12.7. The molecular formula is C21H30O2U. The van der Waals surface area contributed by atoms with Crippen molar-refractivity contribution in [1.29, 1.82) is 0 Å². The van der Waals surface area contributed by atoms with Gasteiger partial charge >= 0.3 is 31.1 Å². The summed E-state index contributed by atoms with van der Waals surface area (Å²) in [7, 11) is 0. The molecule has 0 radical (unpaired) electrons. The number of aryl methyl sites for hydroxylation is 1. The van der Waals surface area contributed by atoms with Crippen molar-refractivity contribution in [2.45, 2.75) is 57.8 Å². The van der Waals surface area contributed by atoms with Crippen LogP contribution < -0.4 is 0 Å². The van der Waals surface area contributed by atoms with Gasteiger partial charge in [0.15, 0.2) is 0 Å². The molecule has 1 atom stereocenters. The van der Waals surface area contributed by atoms with E-state index < -0.39 is 0 Å². The van der Waals surface area contributed by atoms with E-state index in [1.165, 1.54) is 18.4 Å². The van der Waals surface area contributed by atoms with Crippen molar-refractivity contribution in [3.63, 3.8) is 0 Å². The quantitative estimate of drug-likeness (QED) is 0.293. The van der Waals surface area contributed by atoms with Crippen molar-refractivity contribution in [1.82, 2.24) is 0 Å². The van der Waals surface area contributed by atoms with Crippen molar-refractivity contribution in [3.05, 3.63) is 60.6 Å². The largest absolute Gasteiger partial charge is 2.00 e. The van der Waals surface area contributed by atoms with E-state index in [2.05, 4.69) is 39.1 Å². The smallest absolute Gasteiger partial charge is 0.521 e. The minimum Gasteiger partial charge on any atom is -0.521 e. The van der Waals surface area contributed by atoms with Gasteiger partial charge in [-0.25, -0.2) is 0 Å². The van der Waals surface area contributed by atoms with E-state index in [-0.39, 0.29) is 43.6 Å². The number of phenols is 1. The molecule has 0 saturated carbocycles. The number of allylic oxidation sites excluding steroid dienone is 1. The molecule has 0 heterocycles. The second-order valence-corrected chi connectivity index (χ2v) is 6.13. The minimum absolute atomic E-state index is 0. The summed E-state index contributed by atoms with van der Waals surface area (Å²) in [5.41, 5.74) is 4.13. The summed E-state index contributed by atoms with van der Waals surface area (Å²) in [6, 6.07) is 4.02. The molecule has 0 amide bonds. The third-order valence-corrected chi connectivity index (χ3v) is 4.40. The summed E-state index contributed by atoms with van der Waals surface area (Å²) in [6.07, 6.45) is 9.76. The van der Waals surface area contributed by atoms with Crippen molar-refractivity contribution in [3.8, 4) is 5.75 Å². The summed E-state index contributed by atoms with van der Waals surface area (Å²) in [4.78, 5) is 0. The zero-order chi connectivity index (χ0) is 17.2. The van der Waals surface area contributed by atoms with Crippen molar-refractivity contribution < 1.29 is 41.3 Å². The molecule has 0 fully saturated rings. The van der Waals surface area contributed by atoms with Gasteiger partial charge in [-0.15, -0.1) is 11.1 Å². The molecule has 0 bridgehead atoms. The standard InChI is InChI=1S/C19H27O2.C2H3.U/c1-3-4-5-7-15-10-14(2)19(18(21)12-15)17-9-6-8-16(11-17)13-20;1-2;/h10-12,17,20-21H,2-9,13H2,1H3;1H,2H2;/q2*-1;+2. The molecule has 1 aliphatic carbocycles. The van der Waals surface area contributed by atoms with Gasteiger partial charge in [0.25, 0.3) is 0 Å². The third-order valence-electron chi connectivity index (χ3n) is 4.40. The van der Waals surface area contributed by atoms with Gasteiger partial charge in [0.2, 0.25) is 0 Å². The Bertz CT molecular complexity index is 500. The first kappa shape index (κ1) is 23.4. The first-order valence-electron chi connectivity index (χ1n) is 8.54. The summed E-state index contributed by atoms with van der Waals surface area (Å²) in [6.45, 7) is 13.5. The maximum Gasteiger partial charge on any atom is 2.00 e. The summed E-state index contributed by atoms with van der Waals surface area (Å²) in [5, 5.41) is 19.7. The Balaban J connectivity index is 0.00000170. The zero-order valence-corrected chi connectivity index (χ0v) is 19.0. The van der Waals surface area contributed by atoms with Gasteiger partial charge in [-0.05, 0) is 36.8 Å². The summed E-state index contributed by atoms with van der Waals surface area (Å²) in [5.74, 6) is 0.563. The van der Waals surface area contributed by atoms with E-state index in [9.17, 15) is 10.2 Å². The van der Waals surface area contributed by atoms with Crippen LogP contribution in [0.3, 0.4) is 0 Å². The SMILES string of the molecule is [CH-]=C.[CH2-]c1cc(CCCCC)cc(O)c1C1C=C(CO)CCC1.[U+2]. The fourth-order valence-electron chi connectivity index (χ4n) is 3.27. The normalized spacial score (nSPS) is 16.4. The first-order valence-corrected chi connectivity index (χ1v) is 8.54. The molecule has 1 aliphatic rings. The van der Waals surface area contributed by atoms with Crippen LogP contribution >= 0.6 is 0 Å². The average molecular weight is 552 g/mol. The molecule has 1 aromatic rings. The fraction of sp³-hybridized carbons (Fsp3) is 0.476. The Morgan fingerprint density at radius 1 is 1.29 bits per heavy atom. The maximum absolute atomic E-state index is 10.4. The molecule has 0 spiro atoms. The van der Waals surface area contributed by atoms with Crippen LogP contribution in [0.5, 0.6) is 5.75 Å². The molecule has 0 aromatic heterocycles. The number of aliphatic hydroxyl groups is 1. The van der Waals surface area contributed by atoms with Crippen molar-refractivity contribution >= 4 is 0 Å². The van der Waals surface area contributed by atoms with Crippen LogP contribution in [-0.4, -0.2) is 16.8 Å². The Morgan fingerprint density at radius 2 is 2.00 bits per heavy atom. The Hall–Kier alpha value is -0.618. The van der Waals surface area contributed by atoms with Gasteiger partial charge in [-0.2, -0.15) is 18.6 Å². The van der Waals surface area contributed by atoms with Crippen LogP contribution in [-0.2, 0) is 6.42 Å². The number of benzene rings is 1. The van der Waals surface area contributed by atoms with Crippen molar-refractivity contribution in [2.75, 3.05) is 6.61 Å². The summed E-state index contributed by atoms with van der Waals surface area (Å²) >= 11 is 0. The van der Waals surface area contributed by atoms with Gasteiger partial charge in [0, 0.05) is 0 Å². The predicted molar refractivity (Wildman–Crippen MR) is 97.5 cm³/mol. The molecule has 1 aromatic carbocycles. The van der Waals surface area contributed by atoms with Crippen LogP contribution in [0.25, 0.3) is 0 Å². The van der Waals surface area contributed by atoms with E-state index in [4.69, 9.17) is 0 Å². The Kier molecular flexibility index (Phi) is 12.4. The molecule has 2 rings (SSSR count). The van der Waals surface area contributed by atoms with Gasteiger partial charge in [0.1, 0.15) is 0 Å². The van der Waals surface area contributed by atoms with Crippen LogP contribution in [0.4, 0.5) is 0 Å². The molecule has 2 N–H and O–H groups in total. The number of hydrogen-bond acceptors (Lipinski definition) is 2. The molecule has 2 nitrogen and oxygen atoms in total. The monoisotopic (exact) mass is 552 g/mol. The van der Waals surface area contributed by atoms with Gasteiger partial charge in [-0.1, -0.05) is 38.7 Å². The topological polar surface area (TPSA) is 40.5 Å². The van der Waals surface area contributed by atoms with Crippen LogP contribution in [0, 0.1) is 44.6 Å². The van der Waals surface area contributed by atoms with E-state index >= 15 is 0 Å². The first-order chi connectivity index (χ1) is 11.2. The number of rotatable bonds is 6. The zero-order valence-electron chi connectivity index (χ0n) is 14.9. The maximum atomic E-state index is 10.4. The Morgan fingerprint density at radius 3 is 2.58 bits per heavy atom. The average Bonchev–Trinajstić information content (AvgIpc) is 2.56. The number of unbranched alkanes of at least 4 members (excludes halogenated alkanes) is 2.